The number of nitrogens with one attached hydrogen (secondary N) is 1. The second-order valence-corrected chi connectivity index (χ2v) is 4.37. The third-order valence-electron chi connectivity index (χ3n) is 1.97. The third kappa shape index (κ3) is 5.80. The molecule has 1 fully saturated rings. The van der Waals surface area contributed by atoms with E-state index in [9.17, 15) is 0 Å². The molecule has 0 aromatic rings. The lowest BCUT2D eigenvalue weighted by Gasteiger charge is -2.02. The van der Waals surface area contributed by atoms with Crippen molar-refractivity contribution in [1.29, 1.82) is 0 Å². The Morgan fingerprint density at radius 1 is 1.54 bits per heavy atom. The Morgan fingerprint density at radius 3 is 2.92 bits per heavy atom. The SMILES string of the molecule is CSCCCCN=C(N)NC1CC1. The van der Waals surface area contributed by atoms with E-state index in [2.05, 4.69) is 16.6 Å². The molecule has 4 heteroatoms. The molecular weight excluding hydrogens is 182 g/mol. The molecule has 0 saturated heterocycles. The van der Waals surface area contributed by atoms with Crippen LogP contribution in [-0.2, 0) is 0 Å². The summed E-state index contributed by atoms with van der Waals surface area (Å²) in [6.07, 6.45) is 7.02. The van der Waals surface area contributed by atoms with Crippen LogP contribution in [0.4, 0.5) is 0 Å². The highest BCUT2D eigenvalue weighted by molar-refractivity contribution is 7.98. The quantitative estimate of drug-likeness (QED) is 0.386. The summed E-state index contributed by atoms with van der Waals surface area (Å²) >= 11 is 1.89. The molecule has 0 aromatic heterocycles. The van der Waals surface area contributed by atoms with Gasteiger partial charge in [0.2, 0.25) is 0 Å². The van der Waals surface area contributed by atoms with Crippen LogP contribution in [0, 0.1) is 0 Å². The molecular formula is C9H19N3S. The highest BCUT2D eigenvalue weighted by Gasteiger charge is 2.21. The Balaban J connectivity index is 1.94. The van der Waals surface area contributed by atoms with Crippen molar-refractivity contribution in [3.05, 3.63) is 0 Å². The average Bonchev–Trinajstić information content (AvgIpc) is 2.88. The maximum Gasteiger partial charge on any atom is 0.188 e. The zero-order chi connectivity index (χ0) is 9.52. The van der Waals surface area contributed by atoms with Gasteiger partial charge in [-0.3, -0.25) is 4.99 Å². The lowest BCUT2D eigenvalue weighted by molar-refractivity contribution is 0.800. The first-order valence-electron chi connectivity index (χ1n) is 4.88. The van der Waals surface area contributed by atoms with Gasteiger partial charge in [-0.25, -0.2) is 0 Å². The van der Waals surface area contributed by atoms with E-state index in [0.717, 1.165) is 13.0 Å². The smallest absolute Gasteiger partial charge is 0.188 e. The van der Waals surface area contributed by atoms with Crippen LogP contribution in [0.1, 0.15) is 25.7 Å². The zero-order valence-electron chi connectivity index (χ0n) is 8.25. The van der Waals surface area contributed by atoms with E-state index < -0.39 is 0 Å². The highest BCUT2D eigenvalue weighted by atomic mass is 32.2. The van der Waals surface area contributed by atoms with Crippen molar-refractivity contribution in [2.24, 2.45) is 10.7 Å². The van der Waals surface area contributed by atoms with E-state index in [1.165, 1.54) is 25.0 Å². The zero-order valence-corrected chi connectivity index (χ0v) is 9.07. The molecule has 76 valence electrons. The van der Waals surface area contributed by atoms with E-state index in [-0.39, 0.29) is 0 Å². The number of hydrogen-bond donors (Lipinski definition) is 2. The van der Waals surface area contributed by atoms with Crippen LogP contribution in [0.3, 0.4) is 0 Å². The summed E-state index contributed by atoms with van der Waals surface area (Å²) < 4.78 is 0. The fourth-order valence-electron chi connectivity index (χ4n) is 1.04. The summed E-state index contributed by atoms with van der Waals surface area (Å²) in [5, 5.41) is 3.17. The van der Waals surface area contributed by atoms with Gasteiger partial charge in [0.05, 0.1) is 0 Å². The van der Waals surface area contributed by atoms with Crippen LogP contribution in [0.5, 0.6) is 0 Å². The standard InChI is InChI=1S/C9H19N3S/c1-13-7-3-2-6-11-9(10)12-8-4-5-8/h8H,2-7H2,1H3,(H3,10,11,12). The topological polar surface area (TPSA) is 50.4 Å². The van der Waals surface area contributed by atoms with Crippen molar-refractivity contribution in [3.63, 3.8) is 0 Å². The van der Waals surface area contributed by atoms with Gasteiger partial charge >= 0.3 is 0 Å². The predicted molar refractivity (Wildman–Crippen MR) is 60.3 cm³/mol. The minimum Gasteiger partial charge on any atom is -0.370 e. The van der Waals surface area contributed by atoms with Gasteiger partial charge in [0.15, 0.2) is 5.96 Å². The minimum atomic E-state index is 0.620. The van der Waals surface area contributed by atoms with Gasteiger partial charge < -0.3 is 11.1 Å². The molecule has 0 aromatic carbocycles. The van der Waals surface area contributed by atoms with E-state index in [1.807, 2.05) is 11.8 Å². The molecule has 1 rings (SSSR count). The Bertz CT molecular complexity index is 166. The molecule has 3 nitrogen and oxygen atoms in total. The lowest BCUT2D eigenvalue weighted by Crippen LogP contribution is -2.33. The number of nitrogens with zero attached hydrogens (tertiary/aromatic N) is 1. The molecule has 0 bridgehead atoms. The van der Waals surface area contributed by atoms with Crippen molar-refractivity contribution >= 4 is 17.7 Å². The fraction of sp³-hybridized carbons (Fsp3) is 0.889. The molecule has 0 amide bonds. The van der Waals surface area contributed by atoms with Crippen LogP contribution in [0.25, 0.3) is 0 Å². The Labute approximate surface area is 84.6 Å². The summed E-state index contributed by atoms with van der Waals surface area (Å²) in [5.74, 6) is 1.86. The Hall–Kier alpha value is -0.380. The Morgan fingerprint density at radius 2 is 2.31 bits per heavy atom. The number of guanidine groups is 1. The van der Waals surface area contributed by atoms with Crippen LogP contribution in [0.2, 0.25) is 0 Å². The van der Waals surface area contributed by atoms with Gasteiger partial charge in [0.25, 0.3) is 0 Å². The summed E-state index contributed by atoms with van der Waals surface area (Å²) in [6, 6.07) is 0.620. The molecule has 0 aliphatic heterocycles. The summed E-state index contributed by atoms with van der Waals surface area (Å²) in [4.78, 5) is 4.25. The maximum atomic E-state index is 5.66. The van der Waals surface area contributed by atoms with Crippen molar-refractivity contribution in [2.45, 2.75) is 31.7 Å². The maximum absolute atomic E-state index is 5.66. The van der Waals surface area contributed by atoms with Crippen molar-refractivity contribution in [3.8, 4) is 0 Å². The lowest BCUT2D eigenvalue weighted by atomic mass is 10.3. The molecule has 1 saturated carbocycles. The normalized spacial score (nSPS) is 17.5. The number of unbranched alkanes of at least 4 members (excludes halogenated alkanes) is 1. The molecule has 1 aliphatic rings. The molecule has 0 heterocycles. The Kier molecular flexibility index (Phi) is 5.05. The molecule has 0 radical (unpaired) electrons. The summed E-state index contributed by atoms with van der Waals surface area (Å²) in [7, 11) is 0. The van der Waals surface area contributed by atoms with Crippen molar-refractivity contribution in [1.82, 2.24) is 5.32 Å². The van der Waals surface area contributed by atoms with Gasteiger partial charge in [-0.15, -0.1) is 0 Å². The first-order chi connectivity index (χ1) is 6.33. The first-order valence-corrected chi connectivity index (χ1v) is 6.27. The molecule has 0 spiro atoms. The number of thioether (sulfide) groups is 1. The van der Waals surface area contributed by atoms with Crippen molar-refractivity contribution < 1.29 is 0 Å². The molecule has 13 heavy (non-hydrogen) atoms. The van der Waals surface area contributed by atoms with Gasteiger partial charge in [0, 0.05) is 12.6 Å². The molecule has 1 aliphatic carbocycles. The van der Waals surface area contributed by atoms with Gasteiger partial charge in [-0.1, -0.05) is 0 Å². The third-order valence-corrected chi connectivity index (χ3v) is 2.67. The second-order valence-electron chi connectivity index (χ2n) is 3.39. The molecule has 3 N–H and O–H groups in total. The fourth-order valence-corrected chi connectivity index (χ4v) is 1.53. The summed E-state index contributed by atoms with van der Waals surface area (Å²) in [5.41, 5.74) is 5.66. The highest BCUT2D eigenvalue weighted by Crippen LogP contribution is 2.17. The van der Waals surface area contributed by atoms with Crippen LogP contribution < -0.4 is 11.1 Å². The van der Waals surface area contributed by atoms with Crippen LogP contribution in [0.15, 0.2) is 4.99 Å². The predicted octanol–water partition coefficient (Wildman–Crippen LogP) is 1.20. The van der Waals surface area contributed by atoms with E-state index in [0.29, 0.717) is 12.0 Å². The number of nitrogens with two attached hydrogens (primary N) is 1. The van der Waals surface area contributed by atoms with E-state index in [1.54, 1.807) is 0 Å². The largest absolute Gasteiger partial charge is 0.370 e. The second kappa shape index (κ2) is 6.13. The van der Waals surface area contributed by atoms with Crippen LogP contribution >= 0.6 is 11.8 Å². The number of hydrogen-bond acceptors (Lipinski definition) is 2. The molecule has 0 atom stereocenters. The van der Waals surface area contributed by atoms with Gasteiger partial charge in [-0.05, 0) is 37.7 Å². The first kappa shape index (κ1) is 10.7. The van der Waals surface area contributed by atoms with E-state index >= 15 is 0 Å². The van der Waals surface area contributed by atoms with E-state index in [4.69, 9.17) is 5.73 Å². The average molecular weight is 201 g/mol. The van der Waals surface area contributed by atoms with Crippen molar-refractivity contribution in [2.75, 3.05) is 18.6 Å². The molecule has 0 unspecified atom stereocenters. The minimum absolute atomic E-state index is 0.620. The van der Waals surface area contributed by atoms with Gasteiger partial charge in [-0.2, -0.15) is 11.8 Å². The monoisotopic (exact) mass is 201 g/mol. The van der Waals surface area contributed by atoms with Crippen LogP contribution in [-0.4, -0.2) is 30.6 Å². The van der Waals surface area contributed by atoms with Gasteiger partial charge in [0.1, 0.15) is 0 Å². The number of aliphatic imine (C=N–C) groups is 1. The summed E-state index contributed by atoms with van der Waals surface area (Å²) in [6.45, 7) is 0.867. The number of rotatable bonds is 6.